The van der Waals surface area contributed by atoms with Crippen molar-refractivity contribution >= 4 is 22.8 Å². The van der Waals surface area contributed by atoms with Crippen LogP contribution in [-0.2, 0) is 0 Å². The van der Waals surface area contributed by atoms with E-state index >= 15 is 0 Å². The molecule has 7 nitrogen and oxygen atoms in total. The number of hydrogen-bond acceptors (Lipinski definition) is 4. The van der Waals surface area contributed by atoms with E-state index in [0.29, 0.717) is 22.4 Å². The normalized spacial score (nSPS) is 11.2. The maximum absolute atomic E-state index is 11.5. The molecule has 2 aromatic carbocycles. The molecule has 0 bridgehead atoms. The molecule has 4 aromatic rings. The van der Waals surface area contributed by atoms with Gasteiger partial charge in [0.2, 0.25) is 5.43 Å². The van der Waals surface area contributed by atoms with Crippen LogP contribution in [0, 0.1) is 6.92 Å². The van der Waals surface area contributed by atoms with Gasteiger partial charge in [0.1, 0.15) is 11.3 Å². The number of carbonyl (C=O) groups excluding carboxylic acids is 1. The lowest BCUT2D eigenvalue weighted by atomic mass is 10.1. The van der Waals surface area contributed by atoms with Gasteiger partial charge in [-0.15, -0.1) is 0 Å². The third-order valence-corrected chi connectivity index (χ3v) is 3.92. The highest BCUT2D eigenvalue weighted by Gasteiger charge is 2.21. The lowest BCUT2D eigenvalue weighted by Gasteiger charge is -2.07. The van der Waals surface area contributed by atoms with Crippen molar-refractivity contribution in [1.29, 1.82) is 0 Å². The van der Waals surface area contributed by atoms with E-state index in [9.17, 15) is 9.59 Å². The van der Waals surface area contributed by atoms with Crippen LogP contribution in [0.3, 0.4) is 0 Å². The minimum Gasteiger partial charge on any atom is -0.351 e. The molecule has 4 rings (SSSR count). The largest absolute Gasteiger partial charge is 0.351 e. The number of pyridine rings is 1. The van der Waals surface area contributed by atoms with E-state index in [4.69, 9.17) is 5.73 Å². The molecule has 118 valence electrons. The molecule has 7 heteroatoms. The Morgan fingerprint density at radius 3 is 2.67 bits per heavy atom. The predicted molar refractivity (Wildman–Crippen MR) is 90.9 cm³/mol. The van der Waals surface area contributed by atoms with Crippen molar-refractivity contribution in [1.82, 2.24) is 14.8 Å². The number of nitrogens with zero attached hydrogens (tertiary/aromatic N) is 3. The van der Waals surface area contributed by atoms with Gasteiger partial charge in [0.25, 0.3) is 0 Å². The minimum atomic E-state index is -0.671. The number of anilines is 1. The number of carbonyl (C=O) groups is 1. The zero-order valence-corrected chi connectivity index (χ0v) is 12.8. The van der Waals surface area contributed by atoms with E-state index in [2.05, 4.69) is 15.4 Å². The number of nitrogens with two attached hydrogens (primary N) is 1. The van der Waals surface area contributed by atoms with Crippen LogP contribution in [0.15, 0.2) is 47.4 Å². The van der Waals surface area contributed by atoms with Crippen molar-refractivity contribution < 1.29 is 4.79 Å². The first-order valence-electron chi connectivity index (χ1n) is 7.33. The zero-order chi connectivity index (χ0) is 16.8. The van der Waals surface area contributed by atoms with Crippen LogP contribution in [0.4, 0.5) is 10.6 Å². The fraction of sp³-hybridized carbons (Fsp3) is 0.0588. The van der Waals surface area contributed by atoms with Crippen LogP contribution in [0.2, 0.25) is 0 Å². The Labute approximate surface area is 136 Å². The van der Waals surface area contributed by atoms with Gasteiger partial charge in [0.15, 0.2) is 0 Å². The van der Waals surface area contributed by atoms with Gasteiger partial charge in [0.05, 0.1) is 16.8 Å². The van der Waals surface area contributed by atoms with Gasteiger partial charge in [-0.2, -0.15) is 5.10 Å². The highest BCUT2D eigenvalue weighted by molar-refractivity contribution is 5.96. The molecule has 0 radical (unpaired) electrons. The molecule has 0 fully saturated rings. The summed E-state index contributed by atoms with van der Waals surface area (Å²) in [6.07, 6.45) is 1.61. The van der Waals surface area contributed by atoms with Crippen LogP contribution in [0.25, 0.3) is 27.8 Å². The topological polar surface area (TPSA) is 103 Å². The number of aromatic nitrogens is 3. The van der Waals surface area contributed by atoms with E-state index in [-0.39, 0.29) is 5.43 Å². The fourth-order valence-electron chi connectivity index (χ4n) is 2.68. The lowest BCUT2D eigenvalue weighted by Crippen LogP contribution is -2.21. The summed E-state index contributed by atoms with van der Waals surface area (Å²) in [6.45, 7) is 1.83. The number of nitrogens with one attached hydrogen (secondary N) is 1. The maximum atomic E-state index is 11.5. The highest BCUT2D eigenvalue weighted by Crippen LogP contribution is 2.31. The van der Waals surface area contributed by atoms with Crippen molar-refractivity contribution in [2.45, 2.75) is 6.92 Å². The molecular weight excluding hydrogens is 306 g/mol. The van der Waals surface area contributed by atoms with Crippen molar-refractivity contribution in [2.24, 2.45) is 5.73 Å². The van der Waals surface area contributed by atoms with Crippen LogP contribution < -0.4 is 16.5 Å². The summed E-state index contributed by atoms with van der Waals surface area (Å²) < 4.78 is 1.61. The number of hydrogen-bond donors (Lipinski definition) is 2. The van der Waals surface area contributed by atoms with Gasteiger partial charge < -0.3 is 5.73 Å². The fourth-order valence-corrected chi connectivity index (χ4v) is 2.68. The van der Waals surface area contributed by atoms with E-state index in [1.165, 1.54) is 0 Å². The number of rotatable bonds is 3. The third-order valence-electron chi connectivity index (χ3n) is 3.92. The van der Waals surface area contributed by atoms with Crippen molar-refractivity contribution in [3.8, 4) is 16.9 Å². The van der Waals surface area contributed by atoms with Gasteiger partial charge >= 0.3 is 6.03 Å². The van der Waals surface area contributed by atoms with Crippen molar-refractivity contribution in [3.05, 3.63) is 58.4 Å². The summed E-state index contributed by atoms with van der Waals surface area (Å²) in [5, 5.41) is 7.82. The number of para-hydroxylation sites is 1. The van der Waals surface area contributed by atoms with E-state index in [1.54, 1.807) is 16.9 Å². The molecule has 0 atom stereocenters. The second kappa shape index (κ2) is 5.02. The summed E-state index contributed by atoms with van der Waals surface area (Å²) in [5.41, 5.74) is 8.65. The third kappa shape index (κ3) is 2.14. The Morgan fingerprint density at radius 1 is 1.25 bits per heavy atom. The van der Waals surface area contributed by atoms with E-state index in [0.717, 1.165) is 16.8 Å². The average Bonchev–Trinajstić information content (AvgIpc) is 3.12. The van der Waals surface area contributed by atoms with Gasteiger partial charge in [-0.1, -0.05) is 18.2 Å². The molecule has 0 spiro atoms. The van der Waals surface area contributed by atoms with E-state index in [1.807, 2.05) is 37.3 Å². The van der Waals surface area contributed by atoms with Crippen LogP contribution in [0.1, 0.15) is 5.56 Å². The minimum absolute atomic E-state index is 0.0307. The number of amides is 2. The number of primary amides is 1. The number of fused-ring (bicyclic) bond motifs is 1. The Balaban J connectivity index is 1.90. The molecular formula is C17H13N5O2. The standard InChI is InChI=1S/C17H13N5O2/c1-9-13(10-7-12-14(15(12)23)19-8-10)21-22(16(9)20-17(18)24)11-5-3-2-4-6-11/h2-8H,1H3,(H3,18,20,24). The van der Waals surface area contributed by atoms with Gasteiger partial charge in [-0.3, -0.25) is 15.1 Å². The molecule has 24 heavy (non-hydrogen) atoms. The average molecular weight is 319 g/mol. The monoisotopic (exact) mass is 319 g/mol. The number of benzene rings is 1. The van der Waals surface area contributed by atoms with Crippen molar-refractivity contribution in [2.75, 3.05) is 5.32 Å². The van der Waals surface area contributed by atoms with Crippen LogP contribution >= 0.6 is 0 Å². The summed E-state index contributed by atoms with van der Waals surface area (Å²) in [5.74, 6) is 0.486. The SMILES string of the molecule is Cc1c(-c2cnc3c(=O)c3c2)nn(-c2ccccc2)c1NC(N)=O. The van der Waals surface area contributed by atoms with Crippen molar-refractivity contribution in [3.63, 3.8) is 0 Å². The first-order chi connectivity index (χ1) is 11.6. The Kier molecular flexibility index (Phi) is 2.96. The smallest absolute Gasteiger partial charge is 0.317 e. The van der Waals surface area contributed by atoms with E-state index < -0.39 is 6.03 Å². The lowest BCUT2D eigenvalue weighted by molar-refractivity contribution is 0.259. The molecule has 0 saturated carbocycles. The summed E-state index contributed by atoms with van der Waals surface area (Å²) in [7, 11) is 0. The summed E-state index contributed by atoms with van der Waals surface area (Å²) >= 11 is 0. The molecule has 0 aliphatic rings. The Hall–Kier alpha value is -3.48. The first kappa shape index (κ1) is 14.1. The molecule has 0 aliphatic heterocycles. The molecule has 2 heterocycles. The maximum Gasteiger partial charge on any atom is 0.317 e. The predicted octanol–water partition coefficient (Wildman–Crippen LogP) is 2.12. The van der Waals surface area contributed by atoms with Gasteiger partial charge in [-0.25, -0.2) is 9.48 Å². The number of urea groups is 1. The highest BCUT2D eigenvalue weighted by atomic mass is 16.2. The molecule has 2 amide bonds. The molecule has 0 unspecified atom stereocenters. The Bertz CT molecular complexity index is 1090. The van der Waals surface area contributed by atoms with Crippen LogP contribution in [-0.4, -0.2) is 20.8 Å². The first-order valence-corrected chi connectivity index (χ1v) is 7.33. The van der Waals surface area contributed by atoms with Gasteiger partial charge in [0, 0.05) is 17.3 Å². The van der Waals surface area contributed by atoms with Crippen LogP contribution in [0.5, 0.6) is 0 Å². The molecule has 3 N–H and O–H groups in total. The second-order valence-corrected chi connectivity index (χ2v) is 5.51. The molecule has 2 aromatic heterocycles. The van der Waals surface area contributed by atoms with Gasteiger partial charge in [-0.05, 0) is 25.1 Å². The second-order valence-electron chi connectivity index (χ2n) is 5.51. The summed E-state index contributed by atoms with van der Waals surface area (Å²) in [4.78, 5) is 27.0. The quantitative estimate of drug-likeness (QED) is 0.603. The zero-order valence-electron chi connectivity index (χ0n) is 12.8. The summed E-state index contributed by atoms with van der Waals surface area (Å²) in [6, 6.07) is 10.5. The molecule has 0 saturated heterocycles. The Morgan fingerprint density at radius 2 is 2.00 bits per heavy atom. The molecule has 0 aliphatic carbocycles.